The minimum Gasteiger partial charge on any atom is -0.294 e. The second-order valence-electron chi connectivity index (χ2n) is 3.87. The lowest BCUT2D eigenvalue weighted by atomic mass is 9.95. The first-order valence-electron chi connectivity index (χ1n) is 5.32. The van der Waals surface area contributed by atoms with E-state index in [1.165, 1.54) is 12.7 Å². The molecule has 0 bridgehead atoms. The predicted molar refractivity (Wildman–Crippen MR) is 56.3 cm³/mol. The van der Waals surface area contributed by atoms with Gasteiger partial charge in [0.05, 0.1) is 6.42 Å². The van der Waals surface area contributed by atoms with Crippen molar-refractivity contribution in [1.82, 2.24) is 14.8 Å². The zero-order chi connectivity index (χ0) is 10.7. The van der Waals surface area contributed by atoms with Crippen molar-refractivity contribution >= 4 is 5.78 Å². The molecule has 0 radical (unpaired) electrons. The van der Waals surface area contributed by atoms with Crippen molar-refractivity contribution in [2.75, 3.05) is 0 Å². The van der Waals surface area contributed by atoms with Crippen LogP contribution in [-0.4, -0.2) is 20.5 Å². The SMILES string of the molecule is Cn1ncnc1CC(=O)C1=CCCCC1. The van der Waals surface area contributed by atoms with Crippen molar-refractivity contribution in [2.45, 2.75) is 32.1 Å². The normalized spacial score (nSPS) is 16.2. The summed E-state index contributed by atoms with van der Waals surface area (Å²) in [4.78, 5) is 15.9. The highest BCUT2D eigenvalue weighted by Crippen LogP contribution is 2.18. The van der Waals surface area contributed by atoms with E-state index in [9.17, 15) is 4.79 Å². The molecule has 1 heterocycles. The van der Waals surface area contributed by atoms with Gasteiger partial charge < -0.3 is 0 Å². The number of rotatable bonds is 3. The van der Waals surface area contributed by atoms with Gasteiger partial charge in [0.25, 0.3) is 0 Å². The molecule has 1 aliphatic carbocycles. The molecule has 80 valence electrons. The highest BCUT2D eigenvalue weighted by atomic mass is 16.1. The Hall–Kier alpha value is -1.45. The summed E-state index contributed by atoms with van der Waals surface area (Å²) < 4.78 is 1.65. The van der Waals surface area contributed by atoms with E-state index in [4.69, 9.17) is 0 Å². The van der Waals surface area contributed by atoms with Crippen molar-refractivity contribution in [2.24, 2.45) is 7.05 Å². The summed E-state index contributed by atoms with van der Waals surface area (Å²) in [7, 11) is 1.81. The molecule has 4 heteroatoms. The molecular formula is C11H15N3O. The minimum absolute atomic E-state index is 0.200. The van der Waals surface area contributed by atoms with Crippen LogP contribution >= 0.6 is 0 Å². The number of aryl methyl sites for hydroxylation is 1. The number of Topliss-reactive ketones (excluding diaryl/α,β-unsaturated/α-hetero) is 1. The number of hydrogen-bond acceptors (Lipinski definition) is 3. The third-order valence-electron chi connectivity index (χ3n) is 2.77. The number of allylic oxidation sites excluding steroid dienone is 2. The van der Waals surface area contributed by atoms with Gasteiger partial charge in [-0.25, -0.2) is 4.98 Å². The number of hydrogen-bond donors (Lipinski definition) is 0. The molecule has 1 aromatic heterocycles. The van der Waals surface area contributed by atoms with Crippen LogP contribution in [0.5, 0.6) is 0 Å². The van der Waals surface area contributed by atoms with Crippen LogP contribution in [0.1, 0.15) is 31.5 Å². The summed E-state index contributed by atoms with van der Waals surface area (Å²) in [5, 5.41) is 3.95. The van der Waals surface area contributed by atoms with E-state index < -0.39 is 0 Å². The van der Waals surface area contributed by atoms with Gasteiger partial charge in [-0.3, -0.25) is 9.48 Å². The van der Waals surface area contributed by atoms with Gasteiger partial charge in [0, 0.05) is 7.05 Å². The van der Waals surface area contributed by atoms with Crippen molar-refractivity contribution in [1.29, 1.82) is 0 Å². The molecule has 4 nitrogen and oxygen atoms in total. The Bertz CT molecular complexity index is 392. The van der Waals surface area contributed by atoms with Crippen molar-refractivity contribution in [3.8, 4) is 0 Å². The monoisotopic (exact) mass is 205 g/mol. The molecule has 0 atom stereocenters. The van der Waals surface area contributed by atoms with Crippen molar-refractivity contribution in [3.63, 3.8) is 0 Å². The minimum atomic E-state index is 0.200. The summed E-state index contributed by atoms with van der Waals surface area (Å²) in [5.74, 6) is 0.942. The molecule has 0 aromatic carbocycles. The largest absolute Gasteiger partial charge is 0.294 e. The fraction of sp³-hybridized carbons (Fsp3) is 0.545. The van der Waals surface area contributed by atoms with Crippen LogP contribution in [0.2, 0.25) is 0 Å². The first-order valence-corrected chi connectivity index (χ1v) is 5.32. The molecule has 0 saturated carbocycles. The van der Waals surface area contributed by atoms with Crippen LogP contribution < -0.4 is 0 Å². The summed E-state index contributed by atoms with van der Waals surface area (Å²) in [5.41, 5.74) is 0.976. The van der Waals surface area contributed by atoms with Crippen LogP contribution in [-0.2, 0) is 18.3 Å². The first-order chi connectivity index (χ1) is 7.27. The molecule has 2 rings (SSSR count). The lowest BCUT2D eigenvalue weighted by molar-refractivity contribution is -0.115. The van der Waals surface area contributed by atoms with Crippen molar-refractivity contribution < 1.29 is 4.79 Å². The predicted octanol–water partition coefficient (Wildman–Crippen LogP) is 1.43. The van der Waals surface area contributed by atoms with E-state index in [0.717, 1.165) is 30.7 Å². The van der Waals surface area contributed by atoms with Gasteiger partial charge >= 0.3 is 0 Å². The standard InChI is InChI=1S/C11H15N3O/c1-14-11(12-8-13-14)7-10(15)9-5-3-2-4-6-9/h5,8H,2-4,6-7H2,1H3. The molecule has 0 N–H and O–H groups in total. The van der Waals surface area contributed by atoms with E-state index in [0.29, 0.717) is 6.42 Å². The van der Waals surface area contributed by atoms with E-state index in [-0.39, 0.29) is 5.78 Å². The summed E-state index contributed by atoms with van der Waals surface area (Å²) in [6.07, 6.45) is 8.25. The van der Waals surface area contributed by atoms with E-state index in [2.05, 4.69) is 16.2 Å². The maximum Gasteiger partial charge on any atom is 0.166 e. The average Bonchev–Trinajstić information content (AvgIpc) is 2.66. The van der Waals surface area contributed by atoms with Gasteiger partial charge in [0.15, 0.2) is 5.78 Å². The van der Waals surface area contributed by atoms with Crippen LogP contribution in [0, 0.1) is 0 Å². The Labute approximate surface area is 89.0 Å². The maximum absolute atomic E-state index is 11.9. The average molecular weight is 205 g/mol. The van der Waals surface area contributed by atoms with Gasteiger partial charge in [0.2, 0.25) is 0 Å². The van der Waals surface area contributed by atoms with Gasteiger partial charge in [-0.2, -0.15) is 5.10 Å². The first kappa shape index (κ1) is 10.1. The number of carbonyl (C=O) groups is 1. The third-order valence-corrected chi connectivity index (χ3v) is 2.77. The van der Waals surface area contributed by atoms with Gasteiger partial charge in [0.1, 0.15) is 12.2 Å². The molecule has 0 fully saturated rings. The topological polar surface area (TPSA) is 47.8 Å². The molecule has 1 aromatic rings. The van der Waals surface area contributed by atoms with Gasteiger partial charge in [-0.05, 0) is 31.3 Å². The fourth-order valence-corrected chi connectivity index (χ4v) is 1.83. The summed E-state index contributed by atoms with van der Waals surface area (Å²) >= 11 is 0. The molecule has 0 spiro atoms. The number of carbonyl (C=O) groups excluding carboxylic acids is 1. The zero-order valence-electron chi connectivity index (χ0n) is 8.94. The molecule has 15 heavy (non-hydrogen) atoms. The summed E-state index contributed by atoms with van der Waals surface area (Å²) in [6, 6.07) is 0. The molecule has 1 aliphatic rings. The molecule has 0 saturated heterocycles. The Balaban J connectivity index is 2.03. The molecule has 0 aliphatic heterocycles. The second-order valence-corrected chi connectivity index (χ2v) is 3.87. The Morgan fingerprint density at radius 1 is 1.53 bits per heavy atom. The Morgan fingerprint density at radius 3 is 3.00 bits per heavy atom. The molecule has 0 unspecified atom stereocenters. The Kier molecular flexibility index (Phi) is 2.94. The van der Waals surface area contributed by atoms with E-state index in [1.807, 2.05) is 7.05 Å². The quantitative estimate of drug-likeness (QED) is 0.750. The lowest BCUT2D eigenvalue weighted by Crippen LogP contribution is -2.12. The number of aromatic nitrogens is 3. The molecular weight excluding hydrogens is 190 g/mol. The Morgan fingerprint density at radius 2 is 2.40 bits per heavy atom. The van der Waals surface area contributed by atoms with E-state index >= 15 is 0 Å². The highest BCUT2D eigenvalue weighted by molar-refractivity contribution is 5.96. The number of ketones is 1. The van der Waals surface area contributed by atoms with Crippen molar-refractivity contribution in [3.05, 3.63) is 23.8 Å². The van der Waals surface area contributed by atoms with E-state index in [1.54, 1.807) is 4.68 Å². The highest BCUT2D eigenvalue weighted by Gasteiger charge is 2.14. The molecule has 0 amide bonds. The third kappa shape index (κ3) is 2.32. The van der Waals surface area contributed by atoms with Crippen LogP contribution in [0.4, 0.5) is 0 Å². The summed E-state index contributed by atoms with van der Waals surface area (Å²) in [6.45, 7) is 0. The number of nitrogens with zero attached hydrogens (tertiary/aromatic N) is 3. The van der Waals surface area contributed by atoms with Gasteiger partial charge in [-0.15, -0.1) is 0 Å². The maximum atomic E-state index is 11.9. The van der Waals surface area contributed by atoms with Gasteiger partial charge in [-0.1, -0.05) is 6.08 Å². The lowest BCUT2D eigenvalue weighted by Gasteiger charge is -2.10. The van der Waals surface area contributed by atoms with Crippen LogP contribution in [0.25, 0.3) is 0 Å². The van der Waals surface area contributed by atoms with Crippen LogP contribution in [0.3, 0.4) is 0 Å². The fourth-order valence-electron chi connectivity index (χ4n) is 1.83. The van der Waals surface area contributed by atoms with Crippen LogP contribution in [0.15, 0.2) is 18.0 Å². The zero-order valence-corrected chi connectivity index (χ0v) is 8.94. The second kappa shape index (κ2) is 4.38. The smallest absolute Gasteiger partial charge is 0.166 e.